The van der Waals surface area contributed by atoms with Crippen LogP contribution in [0.5, 0.6) is 11.5 Å². The van der Waals surface area contributed by atoms with E-state index in [9.17, 15) is 14.4 Å². The highest BCUT2D eigenvalue weighted by Crippen LogP contribution is 2.29. The molecule has 0 aliphatic rings. The molecular formula is C15H18O5. The molecule has 0 bridgehead atoms. The first-order chi connectivity index (χ1) is 9.38. The minimum absolute atomic E-state index is 0.219. The highest BCUT2D eigenvalue weighted by Gasteiger charge is 2.20. The number of carbonyl (C=O) groups excluding carboxylic acids is 3. The van der Waals surface area contributed by atoms with Crippen molar-refractivity contribution in [1.82, 2.24) is 0 Å². The van der Waals surface area contributed by atoms with E-state index in [1.807, 2.05) is 0 Å². The van der Waals surface area contributed by atoms with Gasteiger partial charge in [0.05, 0.1) is 32.6 Å². The molecule has 0 aromatic heterocycles. The van der Waals surface area contributed by atoms with Crippen LogP contribution in [0, 0.1) is 6.92 Å². The van der Waals surface area contributed by atoms with Gasteiger partial charge in [0.25, 0.3) is 0 Å². The lowest BCUT2D eigenvalue weighted by Gasteiger charge is -2.12. The number of benzene rings is 1. The van der Waals surface area contributed by atoms with Gasteiger partial charge in [0.15, 0.2) is 5.78 Å². The number of rotatable bonds is 7. The number of Topliss-reactive ketones (excluding diaryl/α,β-unsaturated/α-hetero) is 3. The molecule has 5 heteroatoms. The zero-order valence-corrected chi connectivity index (χ0v) is 12.1. The van der Waals surface area contributed by atoms with Crippen LogP contribution in [0.2, 0.25) is 0 Å². The molecule has 0 aliphatic heterocycles. The number of ketones is 3. The average molecular weight is 278 g/mol. The molecule has 0 fully saturated rings. The Morgan fingerprint density at radius 2 is 1.70 bits per heavy atom. The van der Waals surface area contributed by atoms with Gasteiger partial charge < -0.3 is 9.47 Å². The van der Waals surface area contributed by atoms with E-state index < -0.39 is 0 Å². The van der Waals surface area contributed by atoms with E-state index in [1.165, 1.54) is 21.1 Å². The van der Waals surface area contributed by atoms with E-state index >= 15 is 0 Å². The second-order valence-electron chi connectivity index (χ2n) is 4.54. The van der Waals surface area contributed by atoms with Crippen LogP contribution in [0.1, 0.15) is 35.7 Å². The molecule has 0 amide bonds. The quantitative estimate of drug-likeness (QED) is 0.564. The summed E-state index contributed by atoms with van der Waals surface area (Å²) in [7, 11) is 2.97. The molecule has 5 nitrogen and oxygen atoms in total. The van der Waals surface area contributed by atoms with Gasteiger partial charge in [-0.2, -0.15) is 0 Å². The third-order valence-electron chi connectivity index (χ3n) is 2.81. The first-order valence-corrected chi connectivity index (χ1v) is 6.16. The molecule has 1 aromatic carbocycles. The number of methoxy groups -OCH3 is 2. The lowest BCUT2D eigenvalue weighted by molar-refractivity contribution is -0.125. The largest absolute Gasteiger partial charge is 0.497 e. The summed E-state index contributed by atoms with van der Waals surface area (Å²) in [5.74, 6) is -0.0531. The van der Waals surface area contributed by atoms with Gasteiger partial charge in [0.1, 0.15) is 23.1 Å². The predicted molar refractivity (Wildman–Crippen MR) is 73.5 cm³/mol. The van der Waals surface area contributed by atoms with Gasteiger partial charge in [-0.25, -0.2) is 0 Å². The summed E-state index contributed by atoms with van der Waals surface area (Å²) in [5, 5.41) is 0. The van der Waals surface area contributed by atoms with E-state index in [0.717, 1.165) is 0 Å². The van der Waals surface area contributed by atoms with E-state index in [-0.39, 0.29) is 30.2 Å². The second-order valence-corrected chi connectivity index (χ2v) is 4.54. The van der Waals surface area contributed by atoms with Gasteiger partial charge in [0, 0.05) is 6.07 Å². The summed E-state index contributed by atoms with van der Waals surface area (Å²) in [6, 6.07) is 3.29. The molecule has 0 heterocycles. The van der Waals surface area contributed by atoms with Gasteiger partial charge in [-0.1, -0.05) is 0 Å². The van der Waals surface area contributed by atoms with Crippen LogP contribution >= 0.6 is 0 Å². The number of carbonyl (C=O) groups is 3. The van der Waals surface area contributed by atoms with E-state index in [2.05, 4.69) is 0 Å². The van der Waals surface area contributed by atoms with Crippen molar-refractivity contribution in [1.29, 1.82) is 0 Å². The zero-order chi connectivity index (χ0) is 15.3. The third kappa shape index (κ3) is 3.91. The summed E-state index contributed by atoms with van der Waals surface area (Å²) < 4.78 is 10.3. The lowest BCUT2D eigenvalue weighted by atomic mass is 9.98. The van der Waals surface area contributed by atoms with Crippen molar-refractivity contribution >= 4 is 17.3 Å². The van der Waals surface area contributed by atoms with Gasteiger partial charge in [-0.3, -0.25) is 14.4 Å². The molecule has 1 aromatic rings. The Bertz CT molecular complexity index is 545. The summed E-state index contributed by atoms with van der Waals surface area (Å²) in [4.78, 5) is 34.6. The van der Waals surface area contributed by atoms with E-state index in [4.69, 9.17) is 9.47 Å². The highest BCUT2D eigenvalue weighted by atomic mass is 16.5. The smallest absolute Gasteiger partial charge is 0.174 e. The molecule has 0 radical (unpaired) electrons. The SMILES string of the molecule is COc1cc(C)c(C(=O)CC(=O)CC(C)=O)c(OC)c1. The Morgan fingerprint density at radius 3 is 2.20 bits per heavy atom. The standard InChI is InChI=1S/C15H18O5/c1-9-5-12(19-3)8-14(20-4)15(9)13(18)7-11(17)6-10(2)16/h5,8H,6-7H2,1-4H3. The van der Waals surface area contributed by atoms with Crippen molar-refractivity contribution in [2.75, 3.05) is 14.2 Å². The molecule has 0 atom stereocenters. The van der Waals surface area contributed by atoms with Gasteiger partial charge in [0.2, 0.25) is 0 Å². The van der Waals surface area contributed by atoms with E-state index in [0.29, 0.717) is 22.6 Å². The maximum atomic E-state index is 12.2. The van der Waals surface area contributed by atoms with Crippen molar-refractivity contribution in [2.45, 2.75) is 26.7 Å². The zero-order valence-electron chi connectivity index (χ0n) is 12.1. The number of hydrogen-bond acceptors (Lipinski definition) is 5. The Balaban J connectivity index is 3.03. The second kappa shape index (κ2) is 6.84. The number of aryl methyl sites for hydroxylation is 1. The average Bonchev–Trinajstić information content (AvgIpc) is 2.35. The van der Waals surface area contributed by atoms with Crippen LogP contribution in [0.3, 0.4) is 0 Å². The Labute approximate surface area is 117 Å². The Hall–Kier alpha value is -2.17. The first kappa shape index (κ1) is 15.9. The molecule has 0 saturated carbocycles. The number of hydrogen-bond donors (Lipinski definition) is 0. The fraction of sp³-hybridized carbons (Fsp3) is 0.400. The van der Waals surface area contributed by atoms with Crippen LogP contribution in [-0.4, -0.2) is 31.6 Å². The van der Waals surface area contributed by atoms with Gasteiger partial charge in [-0.05, 0) is 25.5 Å². The molecule has 108 valence electrons. The topological polar surface area (TPSA) is 69.7 Å². The summed E-state index contributed by atoms with van der Waals surface area (Å²) in [5.41, 5.74) is 1.02. The molecule has 1 rings (SSSR count). The normalized spacial score (nSPS) is 10.0. The van der Waals surface area contributed by atoms with Gasteiger partial charge >= 0.3 is 0 Å². The molecule has 0 N–H and O–H groups in total. The Kier molecular flexibility index (Phi) is 5.43. The van der Waals surface area contributed by atoms with Crippen LogP contribution in [0.4, 0.5) is 0 Å². The highest BCUT2D eigenvalue weighted by molar-refractivity contribution is 6.13. The van der Waals surface area contributed by atoms with Crippen molar-refractivity contribution in [3.8, 4) is 11.5 Å². The maximum absolute atomic E-state index is 12.2. The van der Waals surface area contributed by atoms with Crippen molar-refractivity contribution in [3.05, 3.63) is 23.3 Å². The summed E-state index contributed by atoms with van der Waals surface area (Å²) in [6.45, 7) is 3.06. The van der Waals surface area contributed by atoms with Gasteiger partial charge in [-0.15, -0.1) is 0 Å². The third-order valence-corrected chi connectivity index (χ3v) is 2.81. The van der Waals surface area contributed by atoms with Crippen molar-refractivity contribution in [2.24, 2.45) is 0 Å². The molecule has 0 spiro atoms. The molecule has 0 saturated heterocycles. The summed E-state index contributed by atoms with van der Waals surface area (Å²) in [6.07, 6.45) is -0.521. The molecule has 20 heavy (non-hydrogen) atoms. The summed E-state index contributed by atoms with van der Waals surface area (Å²) >= 11 is 0. The van der Waals surface area contributed by atoms with Crippen molar-refractivity contribution in [3.63, 3.8) is 0 Å². The minimum Gasteiger partial charge on any atom is -0.497 e. The minimum atomic E-state index is -0.389. The molecule has 0 unspecified atom stereocenters. The Morgan fingerprint density at radius 1 is 1.05 bits per heavy atom. The van der Waals surface area contributed by atoms with Crippen molar-refractivity contribution < 1.29 is 23.9 Å². The van der Waals surface area contributed by atoms with E-state index in [1.54, 1.807) is 19.1 Å². The fourth-order valence-corrected chi connectivity index (χ4v) is 1.97. The maximum Gasteiger partial charge on any atom is 0.174 e. The van der Waals surface area contributed by atoms with Crippen LogP contribution in [-0.2, 0) is 9.59 Å². The monoisotopic (exact) mass is 278 g/mol. The van der Waals surface area contributed by atoms with Crippen LogP contribution < -0.4 is 9.47 Å². The fourth-order valence-electron chi connectivity index (χ4n) is 1.97. The molecule has 0 aliphatic carbocycles. The predicted octanol–water partition coefficient (Wildman–Crippen LogP) is 2.13. The first-order valence-electron chi connectivity index (χ1n) is 6.16. The number of ether oxygens (including phenoxy) is 2. The molecular weight excluding hydrogens is 260 g/mol. The van der Waals surface area contributed by atoms with Crippen LogP contribution in [0.25, 0.3) is 0 Å². The lowest BCUT2D eigenvalue weighted by Crippen LogP contribution is -2.13. The van der Waals surface area contributed by atoms with Crippen LogP contribution in [0.15, 0.2) is 12.1 Å².